The molecule has 0 atom stereocenters. The van der Waals surface area contributed by atoms with Crippen molar-refractivity contribution < 1.29 is 8.42 Å². The fraction of sp³-hybridized carbons (Fsp3) is 1.00. The molecule has 2 fully saturated rings. The van der Waals surface area contributed by atoms with Gasteiger partial charge in [0.05, 0.1) is 0 Å². The summed E-state index contributed by atoms with van der Waals surface area (Å²) in [6, 6.07) is 0.740. The maximum Gasteiger partial charge on any atom is 0.281 e. The van der Waals surface area contributed by atoms with Crippen molar-refractivity contribution in [3.63, 3.8) is 0 Å². The SMILES string of the molecule is CN(CC(C)(C)C)S(=O)(=O)N1CCC(CNC2CC2)CC1. The van der Waals surface area contributed by atoms with E-state index in [0.717, 1.165) is 25.4 Å². The van der Waals surface area contributed by atoms with Crippen molar-refractivity contribution in [1.29, 1.82) is 0 Å². The Morgan fingerprint density at radius 2 is 1.71 bits per heavy atom. The molecule has 1 saturated heterocycles. The van der Waals surface area contributed by atoms with Crippen LogP contribution < -0.4 is 5.32 Å². The largest absolute Gasteiger partial charge is 0.314 e. The quantitative estimate of drug-likeness (QED) is 0.811. The molecule has 0 aromatic carbocycles. The molecule has 21 heavy (non-hydrogen) atoms. The summed E-state index contributed by atoms with van der Waals surface area (Å²) in [5, 5.41) is 3.56. The average molecular weight is 317 g/mol. The molecular formula is C15H31N3O2S. The molecule has 1 aliphatic carbocycles. The molecule has 0 radical (unpaired) electrons. The van der Waals surface area contributed by atoms with Crippen LogP contribution in [0.15, 0.2) is 0 Å². The monoisotopic (exact) mass is 317 g/mol. The average Bonchev–Trinajstić information content (AvgIpc) is 3.19. The van der Waals surface area contributed by atoms with Gasteiger partial charge in [0.2, 0.25) is 0 Å². The maximum absolute atomic E-state index is 12.6. The predicted molar refractivity (Wildman–Crippen MR) is 86.3 cm³/mol. The Balaban J connectivity index is 1.81. The molecule has 2 aliphatic rings. The van der Waals surface area contributed by atoms with Crippen LogP contribution in [0.5, 0.6) is 0 Å². The molecule has 0 aromatic rings. The molecular weight excluding hydrogens is 286 g/mol. The van der Waals surface area contributed by atoms with Crippen LogP contribution in [0.1, 0.15) is 46.5 Å². The van der Waals surface area contributed by atoms with Crippen LogP contribution in [0.3, 0.4) is 0 Å². The summed E-state index contributed by atoms with van der Waals surface area (Å²) in [5.74, 6) is 0.630. The Kier molecular flexibility index (Phi) is 5.34. The molecule has 0 aromatic heterocycles. The zero-order chi connectivity index (χ0) is 15.7. The van der Waals surface area contributed by atoms with Crippen molar-refractivity contribution in [3.8, 4) is 0 Å². The van der Waals surface area contributed by atoms with Gasteiger partial charge in [-0.2, -0.15) is 17.0 Å². The predicted octanol–water partition coefficient (Wildman–Crippen LogP) is 1.67. The van der Waals surface area contributed by atoms with Gasteiger partial charge >= 0.3 is 0 Å². The van der Waals surface area contributed by atoms with Gasteiger partial charge in [-0.25, -0.2) is 0 Å². The lowest BCUT2D eigenvalue weighted by molar-refractivity contribution is 0.239. The van der Waals surface area contributed by atoms with E-state index < -0.39 is 10.2 Å². The van der Waals surface area contributed by atoms with E-state index in [1.54, 1.807) is 11.4 Å². The Hall–Kier alpha value is -0.170. The minimum Gasteiger partial charge on any atom is -0.314 e. The Labute approximate surface area is 130 Å². The summed E-state index contributed by atoms with van der Waals surface area (Å²) in [5.41, 5.74) is -0.0195. The van der Waals surface area contributed by atoms with Crippen LogP contribution in [-0.4, -0.2) is 56.3 Å². The third kappa shape index (κ3) is 5.20. The highest BCUT2D eigenvalue weighted by molar-refractivity contribution is 7.86. The number of hydrogen-bond acceptors (Lipinski definition) is 3. The molecule has 0 amide bonds. The van der Waals surface area contributed by atoms with Crippen molar-refractivity contribution in [2.45, 2.75) is 52.5 Å². The van der Waals surface area contributed by atoms with Crippen LogP contribution in [-0.2, 0) is 10.2 Å². The molecule has 1 saturated carbocycles. The van der Waals surface area contributed by atoms with Crippen molar-refractivity contribution in [1.82, 2.24) is 13.9 Å². The van der Waals surface area contributed by atoms with Crippen molar-refractivity contribution in [2.24, 2.45) is 11.3 Å². The first kappa shape index (κ1) is 17.2. The smallest absolute Gasteiger partial charge is 0.281 e. The molecule has 5 nitrogen and oxygen atoms in total. The lowest BCUT2D eigenvalue weighted by Gasteiger charge is -2.35. The van der Waals surface area contributed by atoms with Gasteiger partial charge in [0, 0.05) is 32.7 Å². The Morgan fingerprint density at radius 1 is 1.14 bits per heavy atom. The van der Waals surface area contributed by atoms with Gasteiger partial charge in [0.15, 0.2) is 0 Å². The first-order chi connectivity index (χ1) is 9.68. The van der Waals surface area contributed by atoms with E-state index in [4.69, 9.17) is 0 Å². The van der Waals surface area contributed by atoms with Crippen molar-refractivity contribution in [2.75, 3.05) is 33.2 Å². The van der Waals surface area contributed by atoms with Gasteiger partial charge in [-0.3, -0.25) is 0 Å². The zero-order valence-corrected chi connectivity index (χ0v) is 14.7. The zero-order valence-electron chi connectivity index (χ0n) is 13.9. The van der Waals surface area contributed by atoms with E-state index in [9.17, 15) is 8.42 Å². The topological polar surface area (TPSA) is 52.7 Å². The van der Waals surface area contributed by atoms with Gasteiger partial charge in [0.25, 0.3) is 10.2 Å². The third-order valence-corrected chi connectivity index (χ3v) is 6.20. The number of rotatable bonds is 6. The summed E-state index contributed by atoms with van der Waals surface area (Å²) in [6.07, 6.45) is 4.57. The lowest BCUT2D eigenvalue weighted by atomic mass is 9.97. The normalized spacial score (nSPS) is 22.9. The maximum atomic E-state index is 12.6. The molecule has 124 valence electrons. The minimum absolute atomic E-state index is 0.0195. The third-order valence-electron chi connectivity index (χ3n) is 4.26. The fourth-order valence-electron chi connectivity index (χ4n) is 2.91. The van der Waals surface area contributed by atoms with Gasteiger partial charge in [-0.05, 0) is 43.6 Å². The molecule has 2 rings (SSSR count). The number of hydrogen-bond donors (Lipinski definition) is 1. The molecule has 1 heterocycles. The minimum atomic E-state index is -3.29. The van der Waals surface area contributed by atoms with Crippen LogP contribution in [0.4, 0.5) is 0 Å². The first-order valence-corrected chi connectivity index (χ1v) is 9.53. The molecule has 1 aliphatic heterocycles. The van der Waals surface area contributed by atoms with Gasteiger partial charge in [0.1, 0.15) is 0 Å². The molecule has 1 N–H and O–H groups in total. The van der Waals surface area contributed by atoms with E-state index in [0.29, 0.717) is 25.6 Å². The van der Waals surface area contributed by atoms with E-state index >= 15 is 0 Å². The van der Waals surface area contributed by atoms with Gasteiger partial charge < -0.3 is 5.32 Å². The summed E-state index contributed by atoms with van der Waals surface area (Å²) in [6.45, 7) is 9.12. The Morgan fingerprint density at radius 3 is 2.19 bits per heavy atom. The number of nitrogens with one attached hydrogen (secondary N) is 1. The highest BCUT2D eigenvalue weighted by Gasteiger charge is 2.33. The first-order valence-electron chi connectivity index (χ1n) is 8.13. The second-order valence-corrected chi connectivity index (χ2v) is 9.88. The highest BCUT2D eigenvalue weighted by atomic mass is 32.2. The molecule has 6 heteroatoms. The van der Waals surface area contributed by atoms with E-state index in [1.807, 2.05) is 0 Å². The Bertz CT molecular complexity index is 432. The second-order valence-electron chi connectivity index (χ2n) is 7.85. The standard InChI is InChI=1S/C15H31N3O2S/c1-15(2,3)12-17(4)21(19,20)18-9-7-13(8-10-18)11-16-14-5-6-14/h13-14,16H,5-12H2,1-4H3. The van der Waals surface area contributed by atoms with Crippen LogP contribution in [0.25, 0.3) is 0 Å². The van der Waals surface area contributed by atoms with Crippen molar-refractivity contribution in [3.05, 3.63) is 0 Å². The fourth-order valence-corrected chi connectivity index (χ4v) is 4.53. The summed E-state index contributed by atoms with van der Waals surface area (Å²) in [7, 11) is -1.60. The summed E-state index contributed by atoms with van der Waals surface area (Å²) >= 11 is 0. The molecule has 0 spiro atoms. The summed E-state index contributed by atoms with van der Waals surface area (Å²) < 4.78 is 28.3. The van der Waals surface area contributed by atoms with Gasteiger partial charge in [-0.15, -0.1) is 0 Å². The van der Waals surface area contributed by atoms with Crippen LogP contribution in [0.2, 0.25) is 0 Å². The van der Waals surface area contributed by atoms with E-state index in [2.05, 4.69) is 26.1 Å². The number of nitrogens with zero attached hydrogens (tertiary/aromatic N) is 2. The van der Waals surface area contributed by atoms with Gasteiger partial charge in [-0.1, -0.05) is 20.8 Å². The van der Waals surface area contributed by atoms with E-state index in [1.165, 1.54) is 17.1 Å². The van der Waals surface area contributed by atoms with Crippen molar-refractivity contribution >= 4 is 10.2 Å². The van der Waals surface area contributed by atoms with E-state index in [-0.39, 0.29) is 5.41 Å². The number of piperidine rings is 1. The lowest BCUT2D eigenvalue weighted by Crippen LogP contribution is -2.48. The summed E-state index contributed by atoms with van der Waals surface area (Å²) in [4.78, 5) is 0. The van der Waals surface area contributed by atoms with Crippen LogP contribution in [0, 0.1) is 11.3 Å². The molecule has 0 unspecified atom stereocenters. The molecule has 0 bridgehead atoms. The second kappa shape index (κ2) is 6.52. The van der Waals surface area contributed by atoms with Crippen LogP contribution >= 0.6 is 0 Å². The highest BCUT2D eigenvalue weighted by Crippen LogP contribution is 2.24.